The molecule has 0 aliphatic rings. The monoisotopic (exact) mass is 277 g/mol. The van der Waals surface area contributed by atoms with Crippen molar-refractivity contribution in [3.8, 4) is 0 Å². The molecule has 2 heteroatoms. The van der Waals surface area contributed by atoms with Gasteiger partial charge in [0.2, 0.25) is 0 Å². The summed E-state index contributed by atoms with van der Waals surface area (Å²) in [5.74, 6) is 0.0478. The first kappa shape index (κ1) is 13.6. The summed E-state index contributed by atoms with van der Waals surface area (Å²) >= 11 is 0. The molecule has 0 radical (unpaired) electrons. The molecule has 2 nitrogen and oxygen atoms in total. The summed E-state index contributed by atoms with van der Waals surface area (Å²) in [5, 5.41) is 1.20. The minimum absolute atomic E-state index is 0.0478. The highest BCUT2D eigenvalue weighted by Crippen LogP contribution is 2.27. The quantitative estimate of drug-likeness (QED) is 0.686. The zero-order valence-electron chi connectivity index (χ0n) is 12.5. The molecule has 0 saturated carbocycles. The molecule has 0 aliphatic heterocycles. The highest BCUT2D eigenvalue weighted by molar-refractivity contribution is 6.04. The van der Waals surface area contributed by atoms with E-state index in [0.717, 1.165) is 29.6 Å². The van der Waals surface area contributed by atoms with Gasteiger partial charge in [0, 0.05) is 16.6 Å². The maximum Gasteiger partial charge on any atom is 0.262 e. The van der Waals surface area contributed by atoms with Gasteiger partial charge in [0.05, 0.1) is 5.52 Å². The minimum Gasteiger partial charge on any atom is -0.280 e. The van der Waals surface area contributed by atoms with Crippen LogP contribution in [-0.4, -0.2) is 10.5 Å². The van der Waals surface area contributed by atoms with Crippen molar-refractivity contribution in [1.82, 2.24) is 4.57 Å². The van der Waals surface area contributed by atoms with Crippen LogP contribution in [0.3, 0.4) is 0 Å². The van der Waals surface area contributed by atoms with E-state index in [1.807, 2.05) is 60.0 Å². The average molecular weight is 277 g/mol. The molecular formula is C19H19NO. The first-order valence-electron chi connectivity index (χ1n) is 7.42. The summed E-state index contributed by atoms with van der Waals surface area (Å²) in [6.07, 6.45) is 2.08. The second-order valence-electron chi connectivity index (χ2n) is 5.34. The van der Waals surface area contributed by atoms with Crippen LogP contribution in [-0.2, 0) is 6.42 Å². The normalized spacial score (nSPS) is 11.0. The standard InChI is InChI=1S/C19H19NO/c1-3-9-16-14(2)20(18-13-8-7-12-17(16)18)19(21)15-10-5-4-6-11-15/h4-8,10-13H,3,9H2,1-2H3. The van der Waals surface area contributed by atoms with Crippen LogP contribution in [0.15, 0.2) is 54.6 Å². The van der Waals surface area contributed by atoms with Crippen molar-refractivity contribution in [2.24, 2.45) is 0 Å². The largest absolute Gasteiger partial charge is 0.280 e. The van der Waals surface area contributed by atoms with Crippen molar-refractivity contribution < 1.29 is 4.79 Å². The number of aromatic nitrogens is 1. The molecule has 0 atom stereocenters. The zero-order chi connectivity index (χ0) is 14.8. The number of hydrogen-bond donors (Lipinski definition) is 0. The molecule has 2 aromatic carbocycles. The summed E-state index contributed by atoms with van der Waals surface area (Å²) in [4.78, 5) is 12.9. The molecular weight excluding hydrogens is 258 g/mol. The summed E-state index contributed by atoms with van der Waals surface area (Å²) in [7, 11) is 0. The van der Waals surface area contributed by atoms with E-state index in [0.29, 0.717) is 0 Å². The Morgan fingerprint density at radius 3 is 2.38 bits per heavy atom. The predicted octanol–water partition coefficient (Wildman–Crippen LogP) is 4.59. The van der Waals surface area contributed by atoms with Crippen molar-refractivity contribution in [3.05, 3.63) is 71.4 Å². The molecule has 106 valence electrons. The number of aryl methyl sites for hydroxylation is 1. The highest BCUT2D eigenvalue weighted by Gasteiger charge is 2.18. The van der Waals surface area contributed by atoms with E-state index in [1.165, 1.54) is 10.9 Å². The molecule has 0 spiro atoms. The van der Waals surface area contributed by atoms with E-state index in [1.54, 1.807) is 0 Å². The molecule has 3 aromatic rings. The SMILES string of the molecule is CCCc1c(C)n(C(=O)c2ccccc2)c2ccccc12. The minimum atomic E-state index is 0.0478. The van der Waals surface area contributed by atoms with Crippen molar-refractivity contribution in [2.75, 3.05) is 0 Å². The molecule has 0 aliphatic carbocycles. The fourth-order valence-corrected chi connectivity index (χ4v) is 2.97. The Morgan fingerprint density at radius 2 is 1.67 bits per heavy atom. The molecule has 0 amide bonds. The van der Waals surface area contributed by atoms with Crippen LogP contribution in [0.1, 0.15) is 35.0 Å². The fourth-order valence-electron chi connectivity index (χ4n) is 2.97. The number of nitrogens with zero attached hydrogens (tertiary/aromatic N) is 1. The smallest absolute Gasteiger partial charge is 0.262 e. The molecule has 3 rings (SSSR count). The summed E-state index contributed by atoms with van der Waals surface area (Å²) in [6, 6.07) is 17.7. The van der Waals surface area contributed by atoms with E-state index >= 15 is 0 Å². The van der Waals surface area contributed by atoms with Gasteiger partial charge < -0.3 is 0 Å². The van der Waals surface area contributed by atoms with Crippen molar-refractivity contribution in [3.63, 3.8) is 0 Å². The van der Waals surface area contributed by atoms with Crippen LogP contribution < -0.4 is 0 Å². The number of para-hydroxylation sites is 1. The van der Waals surface area contributed by atoms with Crippen LogP contribution in [0.5, 0.6) is 0 Å². The maximum atomic E-state index is 12.9. The van der Waals surface area contributed by atoms with Gasteiger partial charge in [0.15, 0.2) is 0 Å². The van der Waals surface area contributed by atoms with Gasteiger partial charge >= 0.3 is 0 Å². The molecule has 1 heterocycles. The summed E-state index contributed by atoms with van der Waals surface area (Å²) in [5.41, 5.74) is 4.08. The van der Waals surface area contributed by atoms with Gasteiger partial charge in [-0.15, -0.1) is 0 Å². The maximum absolute atomic E-state index is 12.9. The molecule has 0 fully saturated rings. The number of benzene rings is 2. The first-order chi connectivity index (χ1) is 10.2. The third kappa shape index (κ3) is 2.27. The molecule has 0 unspecified atom stereocenters. The number of hydrogen-bond acceptors (Lipinski definition) is 1. The van der Waals surface area contributed by atoms with Crippen molar-refractivity contribution in [1.29, 1.82) is 0 Å². The Balaban J connectivity index is 2.23. The Kier molecular flexibility index (Phi) is 3.61. The molecule has 0 N–H and O–H groups in total. The number of rotatable bonds is 3. The number of carbonyl (C=O) groups excluding carboxylic acids is 1. The lowest BCUT2D eigenvalue weighted by atomic mass is 10.1. The molecule has 21 heavy (non-hydrogen) atoms. The van der Waals surface area contributed by atoms with Gasteiger partial charge in [0.1, 0.15) is 0 Å². The Labute approximate surface area is 125 Å². The topological polar surface area (TPSA) is 22.0 Å². The van der Waals surface area contributed by atoms with Gasteiger partial charge in [-0.2, -0.15) is 0 Å². The fraction of sp³-hybridized carbons (Fsp3) is 0.211. The van der Waals surface area contributed by atoms with E-state index in [2.05, 4.69) is 13.0 Å². The Morgan fingerprint density at radius 1 is 1.00 bits per heavy atom. The second-order valence-corrected chi connectivity index (χ2v) is 5.34. The molecule has 0 saturated heterocycles. The van der Waals surface area contributed by atoms with Gasteiger partial charge in [-0.3, -0.25) is 9.36 Å². The van der Waals surface area contributed by atoms with Crippen LogP contribution in [0.2, 0.25) is 0 Å². The Bertz CT molecular complexity index is 784. The van der Waals surface area contributed by atoms with Crippen LogP contribution in [0.25, 0.3) is 10.9 Å². The predicted molar refractivity (Wildman–Crippen MR) is 86.8 cm³/mol. The van der Waals surface area contributed by atoms with Crippen LogP contribution in [0.4, 0.5) is 0 Å². The van der Waals surface area contributed by atoms with E-state index in [4.69, 9.17) is 0 Å². The lowest BCUT2D eigenvalue weighted by molar-refractivity contribution is 0.0963. The van der Waals surface area contributed by atoms with Crippen molar-refractivity contribution >= 4 is 16.8 Å². The van der Waals surface area contributed by atoms with Crippen molar-refractivity contribution in [2.45, 2.75) is 26.7 Å². The molecule has 1 aromatic heterocycles. The Hall–Kier alpha value is -2.35. The van der Waals surface area contributed by atoms with E-state index < -0.39 is 0 Å². The van der Waals surface area contributed by atoms with Gasteiger partial charge in [-0.1, -0.05) is 49.7 Å². The third-order valence-electron chi connectivity index (χ3n) is 3.97. The number of fused-ring (bicyclic) bond motifs is 1. The molecule has 0 bridgehead atoms. The summed E-state index contributed by atoms with van der Waals surface area (Å²) < 4.78 is 1.86. The van der Waals surface area contributed by atoms with Crippen LogP contribution in [0, 0.1) is 6.92 Å². The van der Waals surface area contributed by atoms with Crippen LogP contribution >= 0.6 is 0 Å². The van der Waals surface area contributed by atoms with Gasteiger partial charge in [-0.25, -0.2) is 0 Å². The number of carbonyl (C=O) groups is 1. The average Bonchev–Trinajstić information content (AvgIpc) is 2.81. The second kappa shape index (κ2) is 5.57. The lowest BCUT2D eigenvalue weighted by Gasteiger charge is -2.07. The zero-order valence-corrected chi connectivity index (χ0v) is 12.5. The lowest BCUT2D eigenvalue weighted by Crippen LogP contribution is -2.13. The highest BCUT2D eigenvalue weighted by atomic mass is 16.2. The van der Waals surface area contributed by atoms with E-state index in [9.17, 15) is 4.79 Å². The van der Waals surface area contributed by atoms with Gasteiger partial charge in [0.25, 0.3) is 5.91 Å². The third-order valence-corrected chi connectivity index (χ3v) is 3.97. The first-order valence-corrected chi connectivity index (χ1v) is 7.42. The summed E-state index contributed by atoms with van der Waals surface area (Å²) in [6.45, 7) is 4.22. The van der Waals surface area contributed by atoms with Gasteiger partial charge in [-0.05, 0) is 37.1 Å². The van der Waals surface area contributed by atoms with E-state index in [-0.39, 0.29) is 5.91 Å².